The fraction of sp³-hybridized carbons (Fsp3) is 0.658. The molecule has 0 aliphatic rings. The third-order valence-electron chi connectivity index (χ3n) is 13.6. The van der Waals surface area contributed by atoms with Gasteiger partial charge in [-0.2, -0.15) is 0 Å². The molecular formula is C73H120O6. The minimum absolute atomic E-state index is 0.0932. The fourth-order valence-electron chi connectivity index (χ4n) is 8.76. The number of unbranched alkanes of at least 4 members (excludes halogenated alkanes) is 25. The van der Waals surface area contributed by atoms with E-state index in [1.54, 1.807) is 0 Å². The standard InChI is InChI=1S/C73H120O6/c1-4-7-10-13-16-19-22-24-26-28-30-32-33-34-35-36-37-38-39-41-42-44-46-48-51-54-57-60-63-66-72(75)78-69-70(68-77-71(74)65-62-59-56-53-50-21-18-15-12-9-6-3)79-73(76)67-64-61-58-55-52-49-47-45-43-40-31-29-27-25-23-20-17-14-11-8-5-2/h7,10,16,19,23-26,29-32,34-35,37-38,41-43,45-46,48,70H,4-6,8-9,11-15,17-18,20-22,27-28,33,36,39-40,44,47,49-69H2,1-3H3/b10-7-,19-16-,25-23-,26-24-,31-29-,32-30-,35-34-,38-37-,42-41-,45-43-,48-46-. The molecule has 0 aromatic carbocycles. The van der Waals surface area contributed by atoms with Gasteiger partial charge in [-0.15, -0.1) is 0 Å². The normalized spacial score (nSPS) is 13.0. The van der Waals surface area contributed by atoms with Crippen LogP contribution in [0.3, 0.4) is 0 Å². The van der Waals surface area contributed by atoms with Crippen LogP contribution in [-0.2, 0) is 28.6 Å². The first-order chi connectivity index (χ1) is 39.0. The molecule has 6 nitrogen and oxygen atoms in total. The Morgan fingerprint density at radius 1 is 0.266 bits per heavy atom. The van der Waals surface area contributed by atoms with Crippen LogP contribution < -0.4 is 0 Å². The molecule has 0 bridgehead atoms. The molecule has 1 unspecified atom stereocenters. The van der Waals surface area contributed by atoms with Crippen molar-refractivity contribution in [2.24, 2.45) is 0 Å². The van der Waals surface area contributed by atoms with E-state index in [0.717, 1.165) is 148 Å². The van der Waals surface area contributed by atoms with Crippen molar-refractivity contribution in [3.8, 4) is 0 Å². The van der Waals surface area contributed by atoms with E-state index < -0.39 is 6.10 Å². The number of ether oxygens (including phenoxy) is 3. The zero-order valence-corrected chi connectivity index (χ0v) is 51.3. The maximum Gasteiger partial charge on any atom is 0.306 e. The molecule has 6 heteroatoms. The average molecular weight is 1090 g/mol. The molecule has 0 fully saturated rings. The van der Waals surface area contributed by atoms with E-state index >= 15 is 0 Å². The Morgan fingerprint density at radius 2 is 0.494 bits per heavy atom. The van der Waals surface area contributed by atoms with Crippen LogP contribution in [0.2, 0.25) is 0 Å². The first kappa shape index (κ1) is 74.5. The monoisotopic (exact) mass is 1090 g/mol. The predicted molar refractivity (Wildman–Crippen MR) is 343 cm³/mol. The summed E-state index contributed by atoms with van der Waals surface area (Å²) in [5.41, 5.74) is 0. The highest BCUT2D eigenvalue weighted by Gasteiger charge is 2.19. The van der Waals surface area contributed by atoms with Gasteiger partial charge in [-0.05, 0) is 122 Å². The van der Waals surface area contributed by atoms with E-state index in [2.05, 4.69) is 154 Å². The molecule has 1 atom stereocenters. The zero-order valence-electron chi connectivity index (χ0n) is 51.3. The number of carbonyl (C=O) groups is 3. The second kappa shape index (κ2) is 66.1. The van der Waals surface area contributed by atoms with Gasteiger partial charge in [0.25, 0.3) is 0 Å². The lowest BCUT2D eigenvalue weighted by Gasteiger charge is -2.18. The Morgan fingerprint density at radius 3 is 0.772 bits per heavy atom. The second-order valence-electron chi connectivity index (χ2n) is 21.3. The topological polar surface area (TPSA) is 78.9 Å². The third kappa shape index (κ3) is 64.3. The van der Waals surface area contributed by atoms with Gasteiger partial charge in [0.1, 0.15) is 13.2 Å². The van der Waals surface area contributed by atoms with Crippen molar-refractivity contribution in [3.63, 3.8) is 0 Å². The zero-order chi connectivity index (χ0) is 57.1. The lowest BCUT2D eigenvalue weighted by atomic mass is 10.1. The van der Waals surface area contributed by atoms with Crippen molar-refractivity contribution in [3.05, 3.63) is 134 Å². The summed E-state index contributed by atoms with van der Waals surface area (Å²) in [6.07, 6.45) is 93.1. The van der Waals surface area contributed by atoms with Crippen LogP contribution in [0.15, 0.2) is 134 Å². The molecule has 0 aliphatic heterocycles. The van der Waals surface area contributed by atoms with E-state index in [1.807, 2.05) is 0 Å². The largest absolute Gasteiger partial charge is 0.462 e. The minimum atomic E-state index is -0.800. The Kier molecular flexibility index (Phi) is 62.3. The van der Waals surface area contributed by atoms with Crippen molar-refractivity contribution < 1.29 is 28.6 Å². The molecule has 0 saturated carbocycles. The molecule has 0 saturated heterocycles. The number of allylic oxidation sites excluding steroid dienone is 22. The minimum Gasteiger partial charge on any atom is -0.462 e. The molecule has 0 N–H and O–H groups in total. The van der Waals surface area contributed by atoms with Crippen LogP contribution in [0.4, 0.5) is 0 Å². The molecule has 0 aliphatic carbocycles. The average Bonchev–Trinajstić information content (AvgIpc) is 3.45. The molecule has 79 heavy (non-hydrogen) atoms. The fourth-order valence-corrected chi connectivity index (χ4v) is 8.76. The van der Waals surface area contributed by atoms with Gasteiger partial charge < -0.3 is 14.2 Å². The van der Waals surface area contributed by atoms with Crippen LogP contribution in [0.5, 0.6) is 0 Å². The van der Waals surface area contributed by atoms with E-state index in [4.69, 9.17) is 14.2 Å². The molecule has 0 radical (unpaired) electrons. The SMILES string of the molecule is CC/C=C\C/C=C\C/C=C\C/C=C\C/C=C\C/C=C\C/C=C\C/C=C\CCCCCCC(=O)OCC(COC(=O)CCCCCCCCCCCCC)OC(=O)CCCCCCCC/C=C\C/C=C\C/C=C\CCCCCCC. The predicted octanol–water partition coefficient (Wildman–Crippen LogP) is 22.5. The van der Waals surface area contributed by atoms with Gasteiger partial charge >= 0.3 is 17.9 Å². The number of esters is 3. The number of carbonyl (C=O) groups excluding carboxylic acids is 3. The van der Waals surface area contributed by atoms with E-state index in [9.17, 15) is 14.4 Å². The molecular weight excluding hydrogens is 973 g/mol. The number of hydrogen-bond acceptors (Lipinski definition) is 6. The lowest BCUT2D eigenvalue weighted by molar-refractivity contribution is -0.167. The summed E-state index contributed by atoms with van der Waals surface area (Å²) in [6.45, 7) is 6.48. The van der Waals surface area contributed by atoms with Crippen LogP contribution in [0.25, 0.3) is 0 Å². The van der Waals surface area contributed by atoms with Crippen molar-refractivity contribution >= 4 is 17.9 Å². The highest BCUT2D eigenvalue weighted by molar-refractivity contribution is 5.71. The summed E-state index contributed by atoms with van der Waals surface area (Å²) in [5, 5.41) is 0. The molecule has 0 amide bonds. The number of rotatable bonds is 58. The van der Waals surface area contributed by atoms with Gasteiger partial charge in [0.05, 0.1) is 0 Å². The lowest BCUT2D eigenvalue weighted by Crippen LogP contribution is -2.30. The van der Waals surface area contributed by atoms with Crippen molar-refractivity contribution in [2.75, 3.05) is 13.2 Å². The molecule has 0 rings (SSSR count). The highest BCUT2D eigenvalue weighted by Crippen LogP contribution is 2.15. The van der Waals surface area contributed by atoms with Crippen LogP contribution in [0.1, 0.15) is 290 Å². The summed E-state index contributed by atoms with van der Waals surface area (Å²) in [7, 11) is 0. The first-order valence-corrected chi connectivity index (χ1v) is 32.7. The first-order valence-electron chi connectivity index (χ1n) is 32.7. The Bertz CT molecular complexity index is 1680. The highest BCUT2D eigenvalue weighted by atomic mass is 16.6. The summed E-state index contributed by atoms with van der Waals surface area (Å²) in [4.78, 5) is 38.3. The summed E-state index contributed by atoms with van der Waals surface area (Å²) < 4.78 is 16.9. The van der Waals surface area contributed by atoms with Gasteiger partial charge in [0, 0.05) is 19.3 Å². The van der Waals surface area contributed by atoms with Gasteiger partial charge in [0.2, 0.25) is 0 Å². The molecule has 0 heterocycles. The van der Waals surface area contributed by atoms with Gasteiger partial charge in [-0.1, -0.05) is 283 Å². The van der Waals surface area contributed by atoms with Crippen LogP contribution in [0, 0.1) is 0 Å². The Balaban J connectivity index is 4.38. The summed E-state index contributed by atoms with van der Waals surface area (Å²) >= 11 is 0. The molecule has 0 aromatic heterocycles. The summed E-state index contributed by atoms with van der Waals surface area (Å²) in [5.74, 6) is -0.930. The second-order valence-corrected chi connectivity index (χ2v) is 21.3. The van der Waals surface area contributed by atoms with E-state index in [1.165, 1.54) is 103 Å². The van der Waals surface area contributed by atoms with Gasteiger partial charge in [-0.3, -0.25) is 14.4 Å². The van der Waals surface area contributed by atoms with Gasteiger partial charge in [0.15, 0.2) is 6.10 Å². The molecule has 0 spiro atoms. The van der Waals surface area contributed by atoms with E-state index in [-0.39, 0.29) is 31.1 Å². The quantitative estimate of drug-likeness (QED) is 0.0261. The Hall–Kier alpha value is -4.45. The van der Waals surface area contributed by atoms with Crippen molar-refractivity contribution in [1.29, 1.82) is 0 Å². The number of hydrogen-bond donors (Lipinski definition) is 0. The van der Waals surface area contributed by atoms with Crippen LogP contribution >= 0.6 is 0 Å². The van der Waals surface area contributed by atoms with E-state index in [0.29, 0.717) is 19.3 Å². The summed E-state index contributed by atoms with van der Waals surface area (Å²) in [6, 6.07) is 0. The Labute approximate surface area is 487 Å². The maximum atomic E-state index is 12.9. The van der Waals surface area contributed by atoms with Gasteiger partial charge in [-0.25, -0.2) is 0 Å². The van der Waals surface area contributed by atoms with Crippen molar-refractivity contribution in [1.82, 2.24) is 0 Å². The third-order valence-corrected chi connectivity index (χ3v) is 13.6. The molecule has 0 aromatic rings. The smallest absolute Gasteiger partial charge is 0.306 e. The van der Waals surface area contributed by atoms with Crippen molar-refractivity contribution in [2.45, 2.75) is 297 Å². The van der Waals surface area contributed by atoms with Crippen LogP contribution in [-0.4, -0.2) is 37.2 Å². The maximum absolute atomic E-state index is 12.9. The molecule has 448 valence electrons.